The fourth-order valence-corrected chi connectivity index (χ4v) is 3.52. The molecule has 1 nitrogen and oxygen atoms in total. The summed E-state index contributed by atoms with van der Waals surface area (Å²) >= 11 is 0. The second kappa shape index (κ2) is 10.7. The van der Waals surface area contributed by atoms with Crippen molar-refractivity contribution in [3.8, 4) is 0 Å². The molecule has 0 aromatic rings. The predicted octanol–water partition coefficient (Wildman–Crippen LogP) is 6.17. The molecule has 0 radical (unpaired) electrons. The highest BCUT2D eigenvalue weighted by Gasteiger charge is 2.33. The molecule has 0 unspecified atom stereocenters. The van der Waals surface area contributed by atoms with E-state index < -0.39 is 0 Å². The van der Waals surface area contributed by atoms with Crippen molar-refractivity contribution in [2.24, 2.45) is 0 Å². The molecule has 1 aliphatic rings. The zero-order chi connectivity index (χ0) is 14.7. The lowest BCUT2D eigenvalue weighted by atomic mass is 9.84. The van der Waals surface area contributed by atoms with Crippen LogP contribution in [-0.4, -0.2) is 23.5 Å². The Morgan fingerprint density at radius 2 is 1.15 bits per heavy atom. The molecule has 1 aliphatic heterocycles. The molecule has 0 aromatic heterocycles. The van der Waals surface area contributed by atoms with Crippen LogP contribution in [0.15, 0.2) is 0 Å². The van der Waals surface area contributed by atoms with Gasteiger partial charge in [-0.25, -0.2) is 0 Å². The van der Waals surface area contributed by atoms with Crippen molar-refractivity contribution >= 4 is 0 Å². The van der Waals surface area contributed by atoms with Gasteiger partial charge in [0.2, 0.25) is 0 Å². The number of rotatable bonds is 13. The van der Waals surface area contributed by atoms with Crippen LogP contribution in [0.5, 0.6) is 0 Å². The summed E-state index contributed by atoms with van der Waals surface area (Å²) in [6, 6.07) is 0. The molecule has 1 heteroatoms. The van der Waals surface area contributed by atoms with Gasteiger partial charge in [0.15, 0.2) is 0 Å². The van der Waals surface area contributed by atoms with Crippen molar-refractivity contribution in [2.75, 3.05) is 13.1 Å². The molecule has 0 bridgehead atoms. The second-order valence-electron chi connectivity index (χ2n) is 7.17. The van der Waals surface area contributed by atoms with Crippen molar-refractivity contribution in [1.29, 1.82) is 0 Å². The first kappa shape index (κ1) is 18.0. The Labute approximate surface area is 128 Å². The summed E-state index contributed by atoms with van der Waals surface area (Å²) in [6.45, 7) is 9.88. The molecule has 1 fully saturated rings. The lowest BCUT2D eigenvalue weighted by molar-refractivity contribution is 0.0251. The SMILES string of the molecule is CCCCCCCC(C)(CCCCCCC)N1CCC1. The Bertz CT molecular complexity index is 206. The van der Waals surface area contributed by atoms with Crippen LogP contribution in [-0.2, 0) is 0 Å². The third-order valence-corrected chi connectivity index (χ3v) is 5.26. The molecule has 1 saturated heterocycles. The second-order valence-corrected chi connectivity index (χ2v) is 7.17. The summed E-state index contributed by atoms with van der Waals surface area (Å²) in [5.41, 5.74) is 0.524. The van der Waals surface area contributed by atoms with Gasteiger partial charge in [-0.2, -0.15) is 0 Å². The van der Waals surface area contributed by atoms with E-state index in [0.717, 1.165) is 0 Å². The average molecular weight is 282 g/mol. The van der Waals surface area contributed by atoms with Crippen LogP contribution < -0.4 is 0 Å². The van der Waals surface area contributed by atoms with E-state index in [2.05, 4.69) is 25.7 Å². The number of nitrogens with zero attached hydrogens (tertiary/aromatic N) is 1. The summed E-state index contributed by atoms with van der Waals surface area (Å²) in [5, 5.41) is 0. The zero-order valence-corrected chi connectivity index (χ0v) is 14.6. The molecule has 0 aliphatic carbocycles. The number of hydrogen-bond acceptors (Lipinski definition) is 1. The van der Waals surface area contributed by atoms with Gasteiger partial charge in [-0.05, 0) is 39.3 Å². The summed E-state index contributed by atoms with van der Waals surface area (Å²) in [5.74, 6) is 0. The van der Waals surface area contributed by atoms with E-state index in [1.807, 2.05) is 0 Å². The van der Waals surface area contributed by atoms with Gasteiger partial charge in [0.1, 0.15) is 0 Å². The summed E-state index contributed by atoms with van der Waals surface area (Å²) in [6.07, 6.45) is 18.6. The van der Waals surface area contributed by atoms with E-state index in [1.54, 1.807) is 0 Å². The highest BCUT2D eigenvalue weighted by molar-refractivity contribution is 4.90. The molecule has 0 atom stereocenters. The lowest BCUT2D eigenvalue weighted by Gasteiger charge is -2.47. The van der Waals surface area contributed by atoms with Gasteiger partial charge < -0.3 is 0 Å². The van der Waals surface area contributed by atoms with Gasteiger partial charge in [-0.3, -0.25) is 4.90 Å². The molecule has 0 N–H and O–H groups in total. The third-order valence-electron chi connectivity index (χ3n) is 5.26. The molecule has 0 saturated carbocycles. The summed E-state index contributed by atoms with van der Waals surface area (Å²) in [7, 11) is 0. The molecule has 120 valence electrons. The molecular weight excluding hydrogens is 242 g/mol. The minimum absolute atomic E-state index is 0.524. The fraction of sp³-hybridized carbons (Fsp3) is 1.00. The van der Waals surface area contributed by atoms with E-state index in [9.17, 15) is 0 Å². The molecule has 0 amide bonds. The summed E-state index contributed by atoms with van der Waals surface area (Å²) < 4.78 is 0. The van der Waals surface area contributed by atoms with Gasteiger partial charge in [0, 0.05) is 5.54 Å². The van der Waals surface area contributed by atoms with E-state index in [-0.39, 0.29) is 0 Å². The predicted molar refractivity (Wildman–Crippen MR) is 91.3 cm³/mol. The Hall–Kier alpha value is -0.0400. The average Bonchev–Trinajstić information content (AvgIpc) is 2.36. The smallest absolute Gasteiger partial charge is 0.0181 e. The molecule has 1 rings (SSSR count). The van der Waals surface area contributed by atoms with Gasteiger partial charge in [-0.15, -0.1) is 0 Å². The minimum Gasteiger partial charge on any atom is -0.298 e. The lowest BCUT2D eigenvalue weighted by Crippen LogP contribution is -2.53. The Morgan fingerprint density at radius 3 is 1.50 bits per heavy atom. The Morgan fingerprint density at radius 1 is 0.700 bits per heavy atom. The van der Waals surface area contributed by atoms with Crippen LogP contribution in [0.2, 0.25) is 0 Å². The maximum Gasteiger partial charge on any atom is 0.0181 e. The Balaban J connectivity index is 2.22. The van der Waals surface area contributed by atoms with Gasteiger partial charge in [-0.1, -0.05) is 78.1 Å². The monoisotopic (exact) mass is 281 g/mol. The molecule has 1 heterocycles. The minimum atomic E-state index is 0.524. The molecule has 20 heavy (non-hydrogen) atoms. The fourth-order valence-electron chi connectivity index (χ4n) is 3.52. The van der Waals surface area contributed by atoms with E-state index in [1.165, 1.54) is 96.6 Å². The maximum atomic E-state index is 2.77. The molecular formula is C19H39N. The van der Waals surface area contributed by atoms with Gasteiger partial charge in [0.05, 0.1) is 0 Å². The highest BCUT2D eigenvalue weighted by atomic mass is 15.2. The first-order valence-electron chi connectivity index (χ1n) is 9.48. The van der Waals surface area contributed by atoms with Crippen molar-refractivity contribution in [2.45, 2.75) is 110 Å². The van der Waals surface area contributed by atoms with E-state index >= 15 is 0 Å². The third kappa shape index (κ3) is 6.61. The zero-order valence-electron chi connectivity index (χ0n) is 14.6. The van der Waals surface area contributed by atoms with Crippen LogP contribution >= 0.6 is 0 Å². The number of hydrogen-bond donors (Lipinski definition) is 0. The number of unbranched alkanes of at least 4 members (excludes halogenated alkanes) is 8. The van der Waals surface area contributed by atoms with Crippen molar-refractivity contribution < 1.29 is 0 Å². The van der Waals surface area contributed by atoms with Gasteiger partial charge in [0.25, 0.3) is 0 Å². The molecule has 0 aromatic carbocycles. The van der Waals surface area contributed by atoms with E-state index in [0.29, 0.717) is 5.54 Å². The quantitative estimate of drug-likeness (QED) is 0.365. The largest absolute Gasteiger partial charge is 0.298 e. The van der Waals surface area contributed by atoms with Crippen LogP contribution in [0, 0.1) is 0 Å². The topological polar surface area (TPSA) is 3.24 Å². The number of likely N-dealkylation sites (tertiary alicyclic amines) is 1. The van der Waals surface area contributed by atoms with Crippen LogP contribution in [0.3, 0.4) is 0 Å². The highest BCUT2D eigenvalue weighted by Crippen LogP contribution is 2.32. The van der Waals surface area contributed by atoms with Crippen LogP contribution in [0.25, 0.3) is 0 Å². The van der Waals surface area contributed by atoms with Crippen molar-refractivity contribution in [1.82, 2.24) is 4.90 Å². The summed E-state index contributed by atoms with van der Waals surface area (Å²) in [4.78, 5) is 2.77. The standard InChI is InChI=1S/C19H39N/c1-4-6-8-10-12-15-19(3,20-17-14-18-20)16-13-11-9-7-5-2/h4-18H2,1-3H3. The van der Waals surface area contributed by atoms with E-state index in [4.69, 9.17) is 0 Å². The molecule has 0 spiro atoms. The first-order chi connectivity index (χ1) is 9.73. The van der Waals surface area contributed by atoms with Crippen molar-refractivity contribution in [3.63, 3.8) is 0 Å². The normalized spacial score (nSPS) is 16.4. The van der Waals surface area contributed by atoms with Crippen LogP contribution in [0.1, 0.15) is 104 Å². The van der Waals surface area contributed by atoms with Crippen molar-refractivity contribution in [3.05, 3.63) is 0 Å². The van der Waals surface area contributed by atoms with Crippen LogP contribution in [0.4, 0.5) is 0 Å². The maximum absolute atomic E-state index is 2.77. The Kier molecular flexibility index (Phi) is 9.59. The first-order valence-corrected chi connectivity index (χ1v) is 9.48. The van der Waals surface area contributed by atoms with Gasteiger partial charge >= 0.3 is 0 Å².